The SMILES string of the molecule is O=[P+](O)OP(O)(Oc1ccccc1)(c1ccccc1)c1ccccc1. The van der Waals surface area contributed by atoms with E-state index >= 15 is 0 Å². The van der Waals surface area contributed by atoms with E-state index in [0.717, 1.165) is 0 Å². The van der Waals surface area contributed by atoms with E-state index in [1.165, 1.54) is 0 Å². The normalized spacial score (nSPS) is 13.5. The second-order valence-electron chi connectivity index (χ2n) is 5.31. The van der Waals surface area contributed by atoms with Gasteiger partial charge in [-0.2, -0.15) is 0 Å². The van der Waals surface area contributed by atoms with Gasteiger partial charge in [0.2, 0.25) is 0 Å². The second-order valence-corrected chi connectivity index (χ2v) is 9.48. The van der Waals surface area contributed by atoms with Crippen molar-refractivity contribution < 1.29 is 23.2 Å². The predicted octanol–water partition coefficient (Wildman–Crippen LogP) is 3.67. The van der Waals surface area contributed by atoms with Crippen molar-refractivity contribution in [2.24, 2.45) is 0 Å². The van der Waals surface area contributed by atoms with Gasteiger partial charge in [0.25, 0.3) is 0 Å². The summed E-state index contributed by atoms with van der Waals surface area (Å²) in [6.07, 6.45) is 0. The van der Waals surface area contributed by atoms with Gasteiger partial charge < -0.3 is 0 Å². The van der Waals surface area contributed by atoms with Crippen molar-refractivity contribution in [1.29, 1.82) is 0 Å². The maximum absolute atomic E-state index is 11.9. The van der Waals surface area contributed by atoms with Crippen LogP contribution in [0.1, 0.15) is 0 Å². The van der Waals surface area contributed by atoms with Crippen LogP contribution in [0.25, 0.3) is 0 Å². The number of rotatable bonds is 6. The van der Waals surface area contributed by atoms with Crippen LogP contribution in [-0.2, 0) is 8.88 Å². The third-order valence-corrected chi connectivity index (χ3v) is 8.40. The molecule has 0 aliphatic heterocycles. The summed E-state index contributed by atoms with van der Waals surface area (Å²) in [6, 6.07) is 25.4. The molecule has 25 heavy (non-hydrogen) atoms. The summed E-state index contributed by atoms with van der Waals surface area (Å²) in [5.74, 6) is 0.326. The molecule has 0 aliphatic rings. The van der Waals surface area contributed by atoms with Crippen LogP contribution in [0, 0.1) is 0 Å². The van der Waals surface area contributed by atoms with E-state index in [1.54, 1.807) is 91.0 Å². The van der Waals surface area contributed by atoms with E-state index in [2.05, 4.69) is 0 Å². The summed E-state index contributed by atoms with van der Waals surface area (Å²) < 4.78 is 23.0. The van der Waals surface area contributed by atoms with Crippen LogP contribution >= 0.6 is 15.5 Å². The monoisotopic (exact) mass is 375 g/mol. The van der Waals surface area contributed by atoms with Crippen molar-refractivity contribution in [3.8, 4) is 5.75 Å². The number of benzene rings is 3. The first-order chi connectivity index (χ1) is 12.0. The van der Waals surface area contributed by atoms with Crippen molar-refractivity contribution in [3.63, 3.8) is 0 Å². The molecule has 0 fully saturated rings. The van der Waals surface area contributed by atoms with E-state index in [-0.39, 0.29) is 0 Å². The molecule has 0 heterocycles. The molecule has 0 aromatic heterocycles. The molecule has 5 nitrogen and oxygen atoms in total. The molecule has 2 N–H and O–H groups in total. The zero-order valence-electron chi connectivity index (χ0n) is 13.2. The van der Waals surface area contributed by atoms with Gasteiger partial charge in [0.05, 0.1) is 0 Å². The Morgan fingerprint density at radius 3 is 1.52 bits per heavy atom. The molecule has 3 rings (SSSR count). The van der Waals surface area contributed by atoms with Gasteiger partial charge in [-0.3, -0.25) is 0 Å². The number of hydrogen-bond donors (Lipinski definition) is 2. The van der Waals surface area contributed by atoms with Gasteiger partial charge in [-0.1, -0.05) is 0 Å². The molecule has 7 heteroatoms. The molecule has 0 saturated carbocycles. The number of hydrogen-bond acceptors (Lipinski definition) is 4. The van der Waals surface area contributed by atoms with E-state index in [9.17, 15) is 14.4 Å². The molecule has 3 aromatic carbocycles. The molecule has 0 bridgehead atoms. The van der Waals surface area contributed by atoms with E-state index in [1.807, 2.05) is 0 Å². The summed E-state index contributed by atoms with van der Waals surface area (Å²) in [5.41, 5.74) is 0. The Morgan fingerprint density at radius 2 is 1.12 bits per heavy atom. The zero-order valence-corrected chi connectivity index (χ0v) is 15.0. The van der Waals surface area contributed by atoms with Crippen LogP contribution in [0.4, 0.5) is 0 Å². The summed E-state index contributed by atoms with van der Waals surface area (Å²) in [4.78, 5) is 21.4. The Bertz CT molecular complexity index is 817. The van der Waals surface area contributed by atoms with Gasteiger partial charge in [-0.05, 0) is 0 Å². The van der Waals surface area contributed by atoms with Crippen molar-refractivity contribution >= 4 is 26.1 Å². The molecule has 128 valence electrons. The first-order valence-corrected chi connectivity index (χ1v) is 10.7. The molecule has 0 amide bonds. The van der Waals surface area contributed by atoms with Crippen LogP contribution in [0.5, 0.6) is 5.75 Å². The van der Waals surface area contributed by atoms with E-state index in [4.69, 9.17) is 8.83 Å². The third-order valence-electron chi connectivity index (χ3n) is 3.66. The molecule has 0 saturated heterocycles. The van der Waals surface area contributed by atoms with Gasteiger partial charge >= 0.3 is 146 Å². The van der Waals surface area contributed by atoms with Gasteiger partial charge in [0, 0.05) is 0 Å². The minimum absolute atomic E-state index is 0.293. The average molecular weight is 375 g/mol. The third kappa shape index (κ3) is 3.47. The van der Waals surface area contributed by atoms with Crippen LogP contribution in [0.15, 0.2) is 91.0 Å². The zero-order chi connectivity index (χ0) is 17.8. The molecule has 1 atom stereocenters. The second kappa shape index (κ2) is 7.01. The Labute approximate surface area is 146 Å². The Hall–Kier alpha value is -2.13. The topological polar surface area (TPSA) is 76.0 Å². The molecule has 3 aromatic rings. The average Bonchev–Trinajstić information content (AvgIpc) is 2.63. The Kier molecular flexibility index (Phi) is 4.96. The fourth-order valence-corrected chi connectivity index (χ4v) is 6.90. The minimum atomic E-state index is -4.89. The van der Waals surface area contributed by atoms with Crippen molar-refractivity contribution in [2.75, 3.05) is 0 Å². The Balaban J connectivity index is 2.30. The van der Waals surface area contributed by atoms with Gasteiger partial charge in [-0.25, -0.2) is 0 Å². The molecule has 0 spiro atoms. The van der Waals surface area contributed by atoms with Crippen LogP contribution in [0.2, 0.25) is 0 Å². The fourth-order valence-electron chi connectivity index (χ4n) is 2.55. The molecular formula is C18H17O5P2+. The molecule has 0 aliphatic carbocycles. The van der Waals surface area contributed by atoms with E-state index in [0.29, 0.717) is 16.4 Å². The van der Waals surface area contributed by atoms with Crippen molar-refractivity contribution in [1.82, 2.24) is 0 Å². The molecular weight excluding hydrogens is 358 g/mol. The number of para-hydroxylation sites is 1. The Morgan fingerprint density at radius 1 is 0.720 bits per heavy atom. The maximum atomic E-state index is 11.9. The van der Waals surface area contributed by atoms with Gasteiger partial charge in [-0.15, -0.1) is 0 Å². The van der Waals surface area contributed by atoms with Gasteiger partial charge in [0.15, 0.2) is 0 Å². The molecule has 0 radical (unpaired) electrons. The van der Waals surface area contributed by atoms with E-state index < -0.39 is 15.5 Å². The van der Waals surface area contributed by atoms with Crippen LogP contribution in [0.3, 0.4) is 0 Å². The molecule has 1 unspecified atom stereocenters. The quantitative estimate of drug-likeness (QED) is 0.643. The van der Waals surface area contributed by atoms with Crippen molar-refractivity contribution in [3.05, 3.63) is 91.0 Å². The summed E-state index contributed by atoms with van der Waals surface area (Å²) in [6.45, 7) is 0. The van der Waals surface area contributed by atoms with Crippen LogP contribution < -0.4 is 15.1 Å². The van der Waals surface area contributed by atoms with Crippen LogP contribution in [-0.4, -0.2) is 9.79 Å². The standard InChI is InChI=1S/C18H16O5P2/c19-24(20)23-25(21,17-12-6-2-7-13-17,18-14-8-3-9-15-18)22-16-10-4-1-5-11-16/h1-15,21H/p+1. The first kappa shape index (κ1) is 17.7. The van der Waals surface area contributed by atoms with Gasteiger partial charge in [0.1, 0.15) is 0 Å². The van der Waals surface area contributed by atoms with Crippen molar-refractivity contribution in [2.45, 2.75) is 0 Å². The predicted molar refractivity (Wildman–Crippen MR) is 99.3 cm³/mol. The first-order valence-electron chi connectivity index (χ1n) is 7.51. The summed E-state index contributed by atoms with van der Waals surface area (Å²) in [5, 5.41) is 0.585. The summed E-state index contributed by atoms with van der Waals surface area (Å²) >= 11 is 0. The fraction of sp³-hybridized carbons (Fsp3) is 0. The summed E-state index contributed by atoms with van der Waals surface area (Å²) in [7, 11) is -8.04.